The molecule has 0 aliphatic carbocycles. The monoisotopic (exact) mass is 310 g/mol. The van der Waals surface area contributed by atoms with Crippen molar-refractivity contribution in [2.24, 2.45) is 4.99 Å². The van der Waals surface area contributed by atoms with Crippen molar-refractivity contribution < 1.29 is 4.79 Å². The third kappa shape index (κ3) is 7.56. The second kappa shape index (κ2) is 9.23. The quantitative estimate of drug-likeness (QED) is 0.555. The van der Waals surface area contributed by atoms with Crippen LogP contribution in [-0.2, 0) is 11.3 Å². The van der Waals surface area contributed by atoms with Gasteiger partial charge in [-0.3, -0.25) is 9.79 Å². The summed E-state index contributed by atoms with van der Waals surface area (Å²) in [4.78, 5) is 15.6. The Balaban J connectivity index is 2.31. The molecule has 0 atom stereocenters. The maximum atomic E-state index is 11.5. The van der Waals surface area contributed by atoms with Gasteiger partial charge >= 0.3 is 0 Å². The maximum absolute atomic E-state index is 11.5. The molecule has 0 aliphatic heterocycles. The summed E-state index contributed by atoms with van der Waals surface area (Å²) >= 11 is 5.94. The normalized spacial score (nSPS) is 11.4. The van der Waals surface area contributed by atoms with Gasteiger partial charge in [0.25, 0.3) is 0 Å². The maximum Gasteiger partial charge on any atom is 0.221 e. The number of carbonyl (C=O) groups is 1. The number of amides is 1. The van der Waals surface area contributed by atoms with Gasteiger partial charge in [-0.2, -0.15) is 0 Å². The first-order valence-corrected chi connectivity index (χ1v) is 7.37. The summed E-state index contributed by atoms with van der Waals surface area (Å²) in [6.45, 7) is 5.04. The van der Waals surface area contributed by atoms with Crippen molar-refractivity contribution >= 4 is 23.5 Å². The molecule has 3 N–H and O–H groups in total. The average molecular weight is 311 g/mol. The van der Waals surface area contributed by atoms with Crippen molar-refractivity contribution in [3.63, 3.8) is 0 Å². The largest absolute Gasteiger partial charge is 0.356 e. The zero-order valence-corrected chi connectivity index (χ0v) is 13.5. The molecule has 1 amide bonds. The van der Waals surface area contributed by atoms with Crippen molar-refractivity contribution in [3.05, 3.63) is 34.9 Å². The van der Waals surface area contributed by atoms with Crippen LogP contribution in [0.25, 0.3) is 0 Å². The van der Waals surface area contributed by atoms with Gasteiger partial charge in [0.15, 0.2) is 5.96 Å². The Morgan fingerprint density at radius 2 is 2.10 bits per heavy atom. The van der Waals surface area contributed by atoms with E-state index in [1.807, 2.05) is 38.1 Å². The van der Waals surface area contributed by atoms with Gasteiger partial charge in [0, 0.05) is 37.6 Å². The van der Waals surface area contributed by atoms with Crippen LogP contribution in [-0.4, -0.2) is 31.5 Å². The Morgan fingerprint density at radius 1 is 1.33 bits per heavy atom. The van der Waals surface area contributed by atoms with E-state index < -0.39 is 0 Å². The van der Waals surface area contributed by atoms with Gasteiger partial charge in [-0.05, 0) is 31.5 Å². The molecule has 6 heteroatoms. The minimum Gasteiger partial charge on any atom is -0.356 e. The summed E-state index contributed by atoms with van der Waals surface area (Å²) in [7, 11) is 1.70. The summed E-state index contributed by atoms with van der Waals surface area (Å²) < 4.78 is 0. The van der Waals surface area contributed by atoms with Crippen molar-refractivity contribution in [3.8, 4) is 0 Å². The molecule has 0 aromatic heterocycles. The number of benzene rings is 1. The molecule has 0 aliphatic rings. The van der Waals surface area contributed by atoms with Gasteiger partial charge in [-0.15, -0.1) is 0 Å². The van der Waals surface area contributed by atoms with E-state index in [1.165, 1.54) is 0 Å². The molecule has 0 radical (unpaired) electrons. The fourth-order valence-corrected chi connectivity index (χ4v) is 1.95. The number of halogens is 1. The Hall–Kier alpha value is -1.75. The van der Waals surface area contributed by atoms with Crippen LogP contribution in [0.15, 0.2) is 29.3 Å². The van der Waals surface area contributed by atoms with Crippen LogP contribution in [0, 0.1) is 0 Å². The second-order valence-electron chi connectivity index (χ2n) is 4.95. The van der Waals surface area contributed by atoms with E-state index in [0.29, 0.717) is 30.5 Å². The van der Waals surface area contributed by atoms with E-state index >= 15 is 0 Å². The molecular weight excluding hydrogens is 288 g/mol. The molecule has 0 saturated carbocycles. The van der Waals surface area contributed by atoms with Crippen molar-refractivity contribution in [2.45, 2.75) is 32.9 Å². The van der Waals surface area contributed by atoms with E-state index in [-0.39, 0.29) is 11.9 Å². The molecule has 0 unspecified atom stereocenters. The summed E-state index contributed by atoms with van der Waals surface area (Å²) in [6, 6.07) is 7.80. The lowest BCUT2D eigenvalue weighted by atomic mass is 10.2. The van der Waals surface area contributed by atoms with E-state index in [1.54, 1.807) is 7.05 Å². The number of guanidine groups is 1. The summed E-state index contributed by atoms with van der Waals surface area (Å²) in [5, 5.41) is 9.83. The molecule has 5 nitrogen and oxygen atoms in total. The number of carbonyl (C=O) groups excluding carboxylic acids is 1. The lowest BCUT2D eigenvalue weighted by molar-refractivity contribution is -0.121. The molecule has 21 heavy (non-hydrogen) atoms. The van der Waals surface area contributed by atoms with Gasteiger partial charge in [0.2, 0.25) is 5.91 Å². The van der Waals surface area contributed by atoms with E-state index in [2.05, 4.69) is 20.9 Å². The molecule has 0 spiro atoms. The molecule has 0 fully saturated rings. The lowest BCUT2D eigenvalue weighted by Gasteiger charge is -2.13. The van der Waals surface area contributed by atoms with Crippen molar-refractivity contribution in [1.82, 2.24) is 16.0 Å². The van der Waals surface area contributed by atoms with Gasteiger partial charge in [-0.25, -0.2) is 0 Å². The summed E-state index contributed by atoms with van der Waals surface area (Å²) in [5.41, 5.74) is 1.07. The molecule has 116 valence electrons. The Kier molecular flexibility index (Phi) is 7.61. The molecule has 1 rings (SSSR count). The van der Waals surface area contributed by atoms with Crippen LogP contribution >= 0.6 is 11.6 Å². The van der Waals surface area contributed by atoms with E-state index in [9.17, 15) is 4.79 Å². The first-order chi connectivity index (χ1) is 10.0. The number of nitrogens with one attached hydrogen (secondary N) is 3. The highest BCUT2D eigenvalue weighted by Crippen LogP contribution is 2.10. The molecule has 0 heterocycles. The Bertz CT molecular complexity index is 488. The summed E-state index contributed by atoms with van der Waals surface area (Å²) in [6.07, 6.45) is 0.413. The predicted octanol–water partition coefficient (Wildman–Crippen LogP) is 1.92. The van der Waals surface area contributed by atoms with Crippen LogP contribution in [0.2, 0.25) is 5.02 Å². The highest BCUT2D eigenvalue weighted by molar-refractivity contribution is 6.30. The first kappa shape index (κ1) is 17.3. The zero-order valence-electron chi connectivity index (χ0n) is 12.7. The molecule has 1 aromatic rings. The third-order valence-electron chi connectivity index (χ3n) is 2.67. The number of aliphatic imine (C=N–C) groups is 1. The molecule has 0 saturated heterocycles. The van der Waals surface area contributed by atoms with Crippen LogP contribution in [0.4, 0.5) is 0 Å². The van der Waals surface area contributed by atoms with Gasteiger partial charge in [-0.1, -0.05) is 23.7 Å². The Labute approximate surface area is 131 Å². The number of hydrogen-bond acceptors (Lipinski definition) is 2. The second-order valence-corrected chi connectivity index (χ2v) is 5.39. The van der Waals surface area contributed by atoms with Gasteiger partial charge in [0.1, 0.15) is 0 Å². The number of rotatable bonds is 6. The van der Waals surface area contributed by atoms with Crippen molar-refractivity contribution in [2.75, 3.05) is 13.6 Å². The standard InChI is InChI=1S/C15H23ClN4O/c1-11(2)20-14(21)7-8-18-15(17-3)19-10-12-5-4-6-13(16)9-12/h4-6,9,11H,7-8,10H2,1-3H3,(H,20,21)(H2,17,18,19). The number of nitrogens with zero attached hydrogens (tertiary/aromatic N) is 1. The van der Waals surface area contributed by atoms with Gasteiger partial charge in [0.05, 0.1) is 0 Å². The fourth-order valence-electron chi connectivity index (χ4n) is 1.74. The molecular formula is C15H23ClN4O. The zero-order chi connectivity index (χ0) is 15.7. The van der Waals surface area contributed by atoms with Crippen LogP contribution in [0.1, 0.15) is 25.8 Å². The minimum atomic E-state index is 0.0304. The predicted molar refractivity (Wildman–Crippen MR) is 87.5 cm³/mol. The smallest absolute Gasteiger partial charge is 0.221 e. The van der Waals surface area contributed by atoms with E-state index in [0.717, 1.165) is 5.56 Å². The number of hydrogen-bond donors (Lipinski definition) is 3. The average Bonchev–Trinajstić information content (AvgIpc) is 2.41. The first-order valence-electron chi connectivity index (χ1n) is 6.99. The molecule has 1 aromatic carbocycles. The van der Waals surface area contributed by atoms with Gasteiger partial charge < -0.3 is 16.0 Å². The summed E-state index contributed by atoms with van der Waals surface area (Å²) in [5.74, 6) is 0.690. The topological polar surface area (TPSA) is 65.5 Å². The Morgan fingerprint density at radius 3 is 2.71 bits per heavy atom. The highest BCUT2D eigenvalue weighted by atomic mass is 35.5. The minimum absolute atomic E-state index is 0.0304. The highest BCUT2D eigenvalue weighted by Gasteiger charge is 2.04. The third-order valence-corrected chi connectivity index (χ3v) is 2.90. The SMILES string of the molecule is CN=C(NCCC(=O)NC(C)C)NCc1cccc(Cl)c1. The van der Waals surface area contributed by atoms with Crippen LogP contribution in [0.5, 0.6) is 0 Å². The lowest BCUT2D eigenvalue weighted by Crippen LogP contribution is -2.39. The fraction of sp³-hybridized carbons (Fsp3) is 0.467. The van der Waals surface area contributed by atoms with Crippen LogP contribution in [0.3, 0.4) is 0 Å². The molecule has 0 bridgehead atoms. The van der Waals surface area contributed by atoms with Crippen LogP contribution < -0.4 is 16.0 Å². The van der Waals surface area contributed by atoms with E-state index in [4.69, 9.17) is 11.6 Å². The van der Waals surface area contributed by atoms with Crippen molar-refractivity contribution in [1.29, 1.82) is 0 Å².